The summed E-state index contributed by atoms with van der Waals surface area (Å²) in [6.45, 7) is 0. The van der Waals surface area contributed by atoms with Gasteiger partial charge in [0.25, 0.3) is 0 Å². The molecule has 2 aliphatic carbocycles. The molecule has 0 amide bonds. The van der Waals surface area contributed by atoms with Crippen LogP contribution in [0.4, 0.5) is 0 Å². The van der Waals surface area contributed by atoms with Gasteiger partial charge in [0.1, 0.15) is 0 Å². The van der Waals surface area contributed by atoms with Crippen molar-refractivity contribution in [2.45, 2.75) is 50.5 Å². The molecule has 0 spiro atoms. The minimum atomic E-state index is 0.180. The van der Waals surface area contributed by atoms with Gasteiger partial charge in [-0.15, -0.1) is 0 Å². The smallest absolute Gasteiger partial charge is 0.0698 e. The summed E-state index contributed by atoms with van der Waals surface area (Å²) in [5, 5.41) is 4.90. The Morgan fingerprint density at radius 1 is 0.774 bits per heavy atom. The lowest BCUT2D eigenvalue weighted by Gasteiger charge is -2.25. The van der Waals surface area contributed by atoms with E-state index in [0.29, 0.717) is 5.92 Å². The molecule has 1 saturated carbocycles. The fraction of sp³-hybridized carbons (Fsp3) is 0.276. The summed E-state index contributed by atoms with van der Waals surface area (Å²) < 4.78 is 0. The van der Waals surface area contributed by atoms with Crippen LogP contribution in [0.3, 0.4) is 0 Å². The molecule has 1 N–H and O–H groups in total. The first-order chi connectivity index (χ1) is 15.4. The van der Waals surface area contributed by atoms with Crippen molar-refractivity contribution in [1.29, 1.82) is 0 Å². The molecule has 2 heteroatoms. The summed E-state index contributed by atoms with van der Waals surface area (Å²) in [7, 11) is 0. The van der Waals surface area contributed by atoms with Crippen LogP contribution in [0, 0.1) is 0 Å². The first-order valence-electron chi connectivity index (χ1n) is 11.6. The SMILES string of the molecule is C1=C(c2ccccc2)C(CC(NN=C2CCCCC2)c2ccccc2)c2ccccc21. The van der Waals surface area contributed by atoms with Crippen molar-refractivity contribution in [1.82, 2.24) is 5.43 Å². The second-order valence-electron chi connectivity index (χ2n) is 8.71. The largest absolute Gasteiger partial charge is 0.303 e. The maximum atomic E-state index is 4.90. The average Bonchev–Trinajstić information content (AvgIpc) is 3.22. The van der Waals surface area contributed by atoms with E-state index < -0.39 is 0 Å². The predicted molar refractivity (Wildman–Crippen MR) is 131 cm³/mol. The lowest BCUT2D eigenvalue weighted by atomic mass is 9.84. The van der Waals surface area contributed by atoms with Crippen molar-refractivity contribution in [3.63, 3.8) is 0 Å². The number of hydrogen-bond donors (Lipinski definition) is 1. The third kappa shape index (κ3) is 4.49. The molecule has 0 radical (unpaired) electrons. The van der Waals surface area contributed by atoms with Gasteiger partial charge >= 0.3 is 0 Å². The number of hydrazone groups is 1. The van der Waals surface area contributed by atoms with Crippen LogP contribution in [0.2, 0.25) is 0 Å². The summed E-state index contributed by atoms with van der Waals surface area (Å²) in [4.78, 5) is 0. The lowest BCUT2D eigenvalue weighted by Crippen LogP contribution is -2.21. The van der Waals surface area contributed by atoms with E-state index in [4.69, 9.17) is 5.10 Å². The molecule has 0 heterocycles. The summed E-state index contributed by atoms with van der Waals surface area (Å²) in [5.41, 5.74) is 11.7. The van der Waals surface area contributed by atoms with Crippen molar-refractivity contribution in [2.75, 3.05) is 0 Å². The molecular weight excluding hydrogens is 376 g/mol. The van der Waals surface area contributed by atoms with Gasteiger partial charge in [0.15, 0.2) is 0 Å². The average molecular weight is 407 g/mol. The van der Waals surface area contributed by atoms with Crippen molar-refractivity contribution >= 4 is 17.4 Å². The summed E-state index contributed by atoms with van der Waals surface area (Å²) in [6, 6.07) is 30.7. The molecule has 1 fully saturated rings. The predicted octanol–water partition coefficient (Wildman–Crippen LogP) is 7.37. The molecule has 0 aromatic heterocycles. The van der Waals surface area contributed by atoms with Crippen molar-refractivity contribution in [3.05, 3.63) is 107 Å². The third-order valence-corrected chi connectivity index (χ3v) is 6.65. The van der Waals surface area contributed by atoms with E-state index in [9.17, 15) is 0 Å². The van der Waals surface area contributed by atoms with Crippen LogP contribution >= 0.6 is 0 Å². The third-order valence-electron chi connectivity index (χ3n) is 6.65. The van der Waals surface area contributed by atoms with E-state index in [1.165, 1.54) is 52.8 Å². The Balaban J connectivity index is 1.47. The number of nitrogens with one attached hydrogen (secondary N) is 1. The Kier molecular flexibility index (Phi) is 5.97. The summed E-state index contributed by atoms with van der Waals surface area (Å²) in [6.07, 6.45) is 9.51. The van der Waals surface area contributed by atoms with Crippen LogP contribution in [0.25, 0.3) is 11.6 Å². The van der Waals surface area contributed by atoms with E-state index in [1.807, 2.05) is 0 Å². The minimum absolute atomic E-state index is 0.180. The molecule has 31 heavy (non-hydrogen) atoms. The molecule has 2 atom stereocenters. The van der Waals surface area contributed by atoms with Gasteiger partial charge in [0.2, 0.25) is 0 Å². The Morgan fingerprint density at radius 2 is 1.45 bits per heavy atom. The van der Waals surface area contributed by atoms with Gasteiger partial charge in [-0.25, -0.2) is 0 Å². The summed E-state index contributed by atoms with van der Waals surface area (Å²) in [5.74, 6) is 0.350. The van der Waals surface area contributed by atoms with Gasteiger partial charge in [0, 0.05) is 11.6 Å². The van der Waals surface area contributed by atoms with E-state index in [2.05, 4.69) is 96.4 Å². The highest BCUT2D eigenvalue weighted by atomic mass is 15.3. The maximum Gasteiger partial charge on any atom is 0.0698 e. The Hall–Kier alpha value is -3.13. The zero-order valence-corrected chi connectivity index (χ0v) is 18.0. The van der Waals surface area contributed by atoms with E-state index >= 15 is 0 Å². The monoisotopic (exact) mass is 406 g/mol. The van der Waals surface area contributed by atoms with Crippen molar-refractivity contribution in [2.24, 2.45) is 5.10 Å². The van der Waals surface area contributed by atoms with Crippen LogP contribution < -0.4 is 5.43 Å². The standard InChI is InChI=1S/C29H30N2/c1-4-12-22(13-5-1)27-20-24-16-10-11-19-26(24)28(27)21-29(23-14-6-2-7-15-23)31-30-25-17-8-3-9-18-25/h1-2,4-7,10-16,19-20,28-29,31H,3,8-9,17-18,21H2. The zero-order chi connectivity index (χ0) is 20.9. The van der Waals surface area contributed by atoms with Gasteiger partial charge in [-0.05, 0) is 59.9 Å². The maximum absolute atomic E-state index is 4.90. The van der Waals surface area contributed by atoms with Crippen LogP contribution in [0.5, 0.6) is 0 Å². The van der Waals surface area contributed by atoms with Crippen LogP contribution in [-0.4, -0.2) is 5.71 Å². The second kappa shape index (κ2) is 9.34. The van der Waals surface area contributed by atoms with Crippen LogP contribution in [-0.2, 0) is 0 Å². The normalized spacial score (nSPS) is 18.8. The number of rotatable bonds is 6. The van der Waals surface area contributed by atoms with Gasteiger partial charge in [-0.3, -0.25) is 0 Å². The molecule has 0 saturated heterocycles. The lowest BCUT2D eigenvalue weighted by molar-refractivity contribution is 0.497. The number of benzene rings is 3. The Morgan fingerprint density at radius 3 is 2.23 bits per heavy atom. The van der Waals surface area contributed by atoms with Crippen LogP contribution in [0.1, 0.15) is 72.7 Å². The van der Waals surface area contributed by atoms with Gasteiger partial charge in [-0.1, -0.05) is 97.4 Å². The van der Waals surface area contributed by atoms with Gasteiger partial charge in [0.05, 0.1) is 6.04 Å². The first-order valence-corrected chi connectivity index (χ1v) is 11.6. The number of fused-ring (bicyclic) bond motifs is 1. The molecule has 5 rings (SSSR count). The zero-order valence-electron chi connectivity index (χ0n) is 18.0. The fourth-order valence-corrected chi connectivity index (χ4v) is 4.99. The molecule has 2 unspecified atom stereocenters. The van der Waals surface area contributed by atoms with E-state index in [0.717, 1.165) is 19.3 Å². The quantitative estimate of drug-likeness (QED) is 0.425. The molecule has 3 aromatic carbocycles. The van der Waals surface area contributed by atoms with Crippen molar-refractivity contribution in [3.8, 4) is 0 Å². The Bertz CT molecular complexity index is 1060. The number of hydrogen-bond acceptors (Lipinski definition) is 2. The van der Waals surface area contributed by atoms with Gasteiger partial charge < -0.3 is 5.43 Å². The van der Waals surface area contributed by atoms with Gasteiger partial charge in [-0.2, -0.15) is 5.10 Å². The highest BCUT2D eigenvalue weighted by Gasteiger charge is 2.29. The van der Waals surface area contributed by atoms with Crippen molar-refractivity contribution < 1.29 is 0 Å². The minimum Gasteiger partial charge on any atom is -0.303 e. The number of allylic oxidation sites excluding steroid dienone is 1. The number of nitrogens with zero attached hydrogens (tertiary/aromatic N) is 1. The highest BCUT2D eigenvalue weighted by molar-refractivity contribution is 5.91. The molecule has 156 valence electrons. The molecule has 2 nitrogen and oxygen atoms in total. The highest BCUT2D eigenvalue weighted by Crippen LogP contribution is 2.46. The fourth-order valence-electron chi connectivity index (χ4n) is 4.99. The molecular formula is C29H30N2. The van der Waals surface area contributed by atoms with E-state index in [-0.39, 0.29) is 6.04 Å². The first kappa shape index (κ1) is 19.8. The molecule has 2 aliphatic rings. The second-order valence-corrected chi connectivity index (χ2v) is 8.71. The topological polar surface area (TPSA) is 24.4 Å². The molecule has 0 aliphatic heterocycles. The molecule has 0 bridgehead atoms. The molecule has 3 aromatic rings. The summed E-state index contributed by atoms with van der Waals surface area (Å²) >= 11 is 0. The van der Waals surface area contributed by atoms with Crippen LogP contribution in [0.15, 0.2) is 90.0 Å². The van der Waals surface area contributed by atoms with E-state index in [1.54, 1.807) is 0 Å². The Labute approximate surface area is 185 Å².